The van der Waals surface area contributed by atoms with Crippen molar-refractivity contribution in [1.29, 1.82) is 0 Å². The van der Waals surface area contributed by atoms with Gasteiger partial charge in [0.05, 0.1) is 24.1 Å². The molecule has 9 heteroatoms. The highest BCUT2D eigenvalue weighted by Crippen LogP contribution is 2.31. The van der Waals surface area contributed by atoms with Crippen LogP contribution in [0.2, 0.25) is 5.02 Å². The molecule has 0 aliphatic heterocycles. The number of nitrogens with zero attached hydrogens (tertiary/aromatic N) is 2. The zero-order chi connectivity index (χ0) is 22.7. The Balaban J connectivity index is 1.80. The van der Waals surface area contributed by atoms with Crippen LogP contribution in [0.5, 0.6) is 0 Å². The van der Waals surface area contributed by atoms with Gasteiger partial charge in [-0.05, 0) is 30.7 Å². The van der Waals surface area contributed by atoms with E-state index in [4.69, 9.17) is 16.3 Å². The van der Waals surface area contributed by atoms with Gasteiger partial charge < -0.3 is 10.1 Å². The molecule has 0 bridgehead atoms. The molecule has 0 saturated heterocycles. The van der Waals surface area contributed by atoms with Gasteiger partial charge in [0.2, 0.25) is 5.91 Å². The van der Waals surface area contributed by atoms with Crippen LogP contribution in [0.1, 0.15) is 23.0 Å². The number of hydrogen-bond donors (Lipinski definition) is 1. The number of fused-ring (bicyclic) bond motifs is 1. The van der Waals surface area contributed by atoms with E-state index >= 15 is 0 Å². The minimum absolute atomic E-state index is 0.00755. The van der Waals surface area contributed by atoms with Crippen molar-refractivity contribution in [2.45, 2.75) is 13.3 Å². The summed E-state index contributed by atoms with van der Waals surface area (Å²) in [5.74, 6) is -0.976. The Bertz CT molecular complexity index is 1360. The summed E-state index contributed by atoms with van der Waals surface area (Å²) in [6.07, 6.45) is 0.0434. The normalized spacial score (nSPS) is 10.8. The first-order chi connectivity index (χ1) is 15.5. The lowest BCUT2D eigenvalue weighted by Gasteiger charge is -2.10. The fourth-order valence-corrected chi connectivity index (χ4v) is 4.38. The van der Waals surface area contributed by atoms with Crippen molar-refractivity contribution >= 4 is 50.6 Å². The van der Waals surface area contributed by atoms with Gasteiger partial charge in [0.1, 0.15) is 5.00 Å². The second kappa shape index (κ2) is 9.33. The van der Waals surface area contributed by atoms with E-state index in [9.17, 15) is 14.4 Å². The van der Waals surface area contributed by atoms with Crippen molar-refractivity contribution in [1.82, 2.24) is 9.78 Å². The van der Waals surface area contributed by atoms with E-state index in [1.54, 1.807) is 60.8 Å². The third-order valence-corrected chi connectivity index (χ3v) is 5.95. The molecule has 0 saturated carbocycles. The smallest absolute Gasteiger partial charge is 0.359 e. The number of nitrogens with one attached hydrogen (secondary N) is 1. The summed E-state index contributed by atoms with van der Waals surface area (Å²) in [4.78, 5) is 38.6. The van der Waals surface area contributed by atoms with Gasteiger partial charge >= 0.3 is 5.97 Å². The second-order valence-electron chi connectivity index (χ2n) is 6.79. The Morgan fingerprint density at radius 1 is 1.12 bits per heavy atom. The van der Waals surface area contributed by atoms with E-state index in [1.165, 1.54) is 0 Å². The third-order valence-electron chi connectivity index (χ3n) is 4.68. The molecule has 2 heterocycles. The number of thiophene rings is 1. The lowest BCUT2D eigenvalue weighted by atomic mass is 10.1. The minimum Gasteiger partial charge on any atom is -0.461 e. The SMILES string of the molecule is CCOC(=O)c1nn(-c2ccccc2)c(=O)c2c(NC(=O)Cc3ccccc3Cl)scc12. The molecule has 0 atom stereocenters. The molecule has 32 heavy (non-hydrogen) atoms. The number of ether oxygens (including phenoxy) is 1. The second-order valence-corrected chi connectivity index (χ2v) is 8.08. The molecule has 0 aliphatic rings. The monoisotopic (exact) mass is 467 g/mol. The van der Waals surface area contributed by atoms with Crippen LogP contribution in [-0.4, -0.2) is 28.3 Å². The van der Waals surface area contributed by atoms with Crippen LogP contribution in [0.4, 0.5) is 5.00 Å². The molecule has 2 aromatic carbocycles. The highest BCUT2D eigenvalue weighted by molar-refractivity contribution is 7.16. The summed E-state index contributed by atoms with van der Waals surface area (Å²) in [6, 6.07) is 15.8. The quantitative estimate of drug-likeness (QED) is 0.423. The first-order valence-electron chi connectivity index (χ1n) is 9.80. The molecule has 162 valence electrons. The average molecular weight is 468 g/mol. The predicted octanol–water partition coefficient (Wildman–Crippen LogP) is 4.46. The van der Waals surface area contributed by atoms with Crippen molar-refractivity contribution in [3.05, 3.63) is 86.6 Å². The van der Waals surface area contributed by atoms with E-state index in [1.807, 2.05) is 6.07 Å². The molecule has 0 radical (unpaired) electrons. The number of rotatable bonds is 6. The first kappa shape index (κ1) is 21.7. The van der Waals surface area contributed by atoms with Crippen LogP contribution >= 0.6 is 22.9 Å². The zero-order valence-electron chi connectivity index (χ0n) is 17.0. The Kier molecular flexibility index (Phi) is 6.34. The predicted molar refractivity (Wildman–Crippen MR) is 125 cm³/mol. The number of hydrogen-bond acceptors (Lipinski definition) is 6. The van der Waals surface area contributed by atoms with Gasteiger partial charge in [-0.15, -0.1) is 11.3 Å². The van der Waals surface area contributed by atoms with Crippen molar-refractivity contribution in [2.75, 3.05) is 11.9 Å². The Morgan fingerprint density at radius 3 is 2.56 bits per heavy atom. The topological polar surface area (TPSA) is 90.3 Å². The van der Waals surface area contributed by atoms with E-state index in [-0.39, 0.29) is 30.0 Å². The average Bonchev–Trinajstić information content (AvgIpc) is 3.20. The Hall–Kier alpha value is -3.49. The van der Waals surface area contributed by atoms with Gasteiger partial charge in [-0.2, -0.15) is 9.78 Å². The molecule has 0 fully saturated rings. The van der Waals surface area contributed by atoms with Crippen LogP contribution in [0.3, 0.4) is 0 Å². The molecule has 0 spiro atoms. The standard InChI is InChI=1S/C23H18ClN3O4S/c1-2-31-23(30)20-16-13-32-21(25-18(28)12-14-8-6-7-11-17(14)24)19(16)22(29)27(26-20)15-9-4-3-5-10-15/h3-11,13H,2,12H2,1H3,(H,25,28). The van der Waals surface area contributed by atoms with Crippen LogP contribution < -0.4 is 10.9 Å². The van der Waals surface area contributed by atoms with Crippen LogP contribution in [0.15, 0.2) is 64.8 Å². The van der Waals surface area contributed by atoms with E-state index in [2.05, 4.69) is 10.4 Å². The lowest BCUT2D eigenvalue weighted by molar-refractivity contribution is -0.115. The van der Waals surface area contributed by atoms with Crippen molar-refractivity contribution < 1.29 is 14.3 Å². The molecule has 0 aliphatic carbocycles. The van der Waals surface area contributed by atoms with Crippen molar-refractivity contribution in [3.8, 4) is 5.69 Å². The molecule has 0 unspecified atom stereocenters. The number of anilines is 1. The van der Waals surface area contributed by atoms with Crippen molar-refractivity contribution in [3.63, 3.8) is 0 Å². The third kappa shape index (κ3) is 4.28. The van der Waals surface area contributed by atoms with E-state index < -0.39 is 11.5 Å². The zero-order valence-corrected chi connectivity index (χ0v) is 18.6. The fraction of sp³-hybridized carbons (Fsp3) is 0.130. The maximum absolute atomic E-state index is 13.3. The fourth-order valence-electron chi connectivity index (χ4n) is 3.22. The largest absolute Gasteiger partial charge is 0.461 e. The first-order valence-corrected chi connectivity index (χ1v) is 11.1. The minimum atomic E-state index is -0.645. The number of carbonyl (C=O) groups is 2. The summed E-state index contributed by atoms with van der Waals surface area (Å²) >= 11 is 7.30. The number of benzene rings is 2. The Morgan fingerprint density at radius 2 is 1.84 bits per heavy atom. The molecular weight excluding hydrogens is 450 g/mol. The number of amides is 1. The summed E-state index contributed by atoms with van der Waals surface area (Å²) in [5.41, 5.74) is 0.717. The number of aromatic nitrogens is 2. The number of para-hydroxylation sites is 1. The van der Waals surface area contributed by atoms with Crippen LogP contribution in [-0.2, 0) is 16.0 Å². The summed E-state index contributed by atoms with van der Waals surface area (Å²) in [6.45, 7) is 1.86. The maximum atomic E-state index is 13.3. The molecule has 1 amide bonds. The molecule has 4 aromatic rings. The maximum Gasteiger partial charge on any atom is 0.359 e. The molecule has 1 N–H and O–H groups in total. The highest BCUT2D eigenvalue weighted by Gasteiger charge is 2.23. The summed E-state index contributed by atoms with van der Waals surface area (Å²) < 4.78 is 6.28. The highest BCUT2D eigenvalue weighted by atomic mass is 35.5. The van der Waals surface area contributed by atoms with Crippen LogP contribution in [0, 0.1) is 0 Å². The van der Waals surface area contributed by atoms with Gasteiger partial charge in [0, 0.05) is 15.8 Å². The van der Waals surface area contributed by atoms with Gasteiger partial charge in [-0.25, -0.2) is 4.79 Å². The summed E-state index contributed by atoms with van der Waals surface area (Å²) in [7, 11) is 0. The molecule has 4 rings (SSSR count). The number of esters is 1. The van der Waals surface area contributed by atoms with Gasteiger partial charge in [0.15, 0.2) is 5.69 Å². The number of halogens is 1. The Labute approximate surface area is 192 Å². The summed E-state index contributed by atoms with van der Waals surface area (Å²) in [5, 5.41) is 10.0. The molecular formula is C23H18ClN3O4S. The molecule has 7 nitrogen and oxygen atoms in total. The van der Waals surface area contributed by atoms with Gasteiger partial charge in [-0.3, -0.25) is 9.59 Å². The van der Waals surface area contributed by atoms with Crippen molar-refractivity contribution in [2.24, 2.45) is 0 Å². The van der Waals surface area contributed by atoms with Gasteiger partial charge in [-0.1, -0.05) is 48.0 Å². The van der Waals surface area contributed by atoms with Crippen LogP contribution in [0.25, 0.3) is 16.5 Å². The van der Waals surface area contributed by atoms with E-state index in [0.717, 1.165) is 16.0 Å². The lowest BCUT2D eigenvalue weighted by Crippen LogP contribution is -2.25. The van der Waals surface area contributed by atoms with Gasteiger partial charge in [0.25, 0.3) is 5.56 Å². The number of carbonyl (C=O) groups excluding carboxylic acids is 2. The molecule has 2 aromatic heterocycles. The van der Waals surface area contributed by atoms with E-state index in [0.29, 0.717) is 26.7 Å².